The second-order valence-corrected chi connectivity index (χ2v) is 7.09. The molecule has 0 saturated heterocycles. The zero-order chi connectivity index (χ0) is 18.4. The number of hydrogen-bond donors (Lipinski definition) is 0. The number of pyridine rings is 1. The summed E-state index contributed by atoms with van der Waals surface area (Å²) in [4.78, 5) is 0. The Bertz CT molecular complexity index is 1340. The first-order valence-electron chi connectivity index (χ1n) is 9.25. The number of fused-ring (bicyclic) bond motifs is 4. The van der Waals surface area contributed by atoms with Crippen molar-refractivity contribution < 1.29 is 4.57 Å². The first-order valence-corrected chi connectivity index (χ1v) is 9.25. The van der Waals surface area contributed by atoms with E-state index in [4.69, 9.17) is 0 Å². The topological polar surface area (TPSA) is 8.81 Å². The fraction of sp³-hybridized carbons (Fsp3) is 0.0769. The van der Waals surface area contributed by atoms with E-state index in [2.05, 4.69) is 114 Å². The number of benzene rings is 3. The molecule has 0 N–H and O–H groups in total. The SMILES string of the molecule is Cn1c2ccccc2c2cc(/C=C/c3cc[n+](C)c4ccccc34)ccc21.[CH3-]. The molecule has 0 amide bonds. The van der Waals surface area contributed by atoms with Crippen molar-refractivity contribution in [1.29, 1.82) is 0 Å². The molecule has 0 fully saturated rings. The quantitative estimate of drug-likeness (QED) is 0.271. The van der Waals surface area contributed by atoms with Gasteiger partial charge in [0.15, 0.2) is 6.20 Å². The Balaban J connectivity index is 0.00000192. The van der Waals surface area contributed by atoms with E-state index in [1.165, 1.54) is 43.8 Å². The van der Waals surface area contributed by atoms with Gasteiger partial charge in [-0.25, -0.2) is 4.57 Å². The zero-order valence-electron chi connectivity index (χ0n) is 16.6. The Labute approximate surface area is 166 Å². The summed E-state index contributed by atoms with van der Waals surface area (Å²) in [6.07, 6.45) is 6.55. The van der Waals surface area contributed by atoms with Gasteiger partial charge in [-0.2, -0.15) is 0 Å². The van der Waals surface area contributed by atoms with Crippen molar-refractivity contribution in [2.75, 3.05) is 0 Å². The van der Waals surface area contributed by atoms with Crippen LogP contribution in [0, 0.1) is 7.43 Å². The summed E-state index contributed by atoms with van der Waals surface area (Å²) >= 11 is 0. The van der Waals surface area contributed by atoms with E-state index in [1.807, 2.05) is 0 Å². The third-order valence-corrected chi connectivity index (χ3v) is 5.47. The summed E-state index contributed by atoms with van der Waals surface area (Å²) in [6, 6.07) is 26.0. The average molecular weight is 364 g/mol. The monoisotopic (exact) mass is 364 g/mol. The van der Waals surface area contributed by atoms with Crippen molar-refractivity contribution in [2.24, 2.45) is 14.1 Å². The van der Waals surface area contributed by atoms with Crippen LogP contribution in [0.1, 0.15) is 11.1 Å². The molecule has 0 aliphatic heterocycles. The Morgan fingerprint density at radius 2 is 1.46 bits per heavy atom. The molecule has 0 bridgehead atoms. The summed E-state index contributed by atoms with van der Waals surface area (Å²) in [7, 11) is 4.22. The predicted octanol–water partition coefficient (Wildman–Crippen LogP) is 5.93. The lowest BCUT2D eigenvalue weighted by Crippen LogP contribution is -2.28. The molecule has 138 valence electrons. The van der Waals surface area contributed by atoms with E-state index in [0.717, 1.165) is 0 Å². The number of nitrogens with zero attached hydrogens (tertiary/aromatic N) is 2. The standard InChI is InChI=1S/C25H21N2.CH3/c1-26-16-15-19(20-7-3-5-9-23(20)26)13-11-18-12-14-25-22(17-18)21-8-4-6-10-24(21)27(25)2;/h3-17H,1-2H3;1H3/q+1;-1. The molecule has 0 unspecified atom stereocenters. The molecular weight excluding hydrogens is 340 g/mol. The fourth-order valence-corrected chi connectivity index (χ4v) is 4.01. The van der Waals surface area contributed by atoms with Crippen molar-refractivity contribution in [1.82, 2.24) is 4.57 Å². The molecule has 0 radical (unpaired) electrons. The lowest BCUT2D eigenvalue weighted by Gasteiger charge is -2.01. The first-order chi connectivity index (χ1) is 13.2. The summed E-state index contributed by atoms with van der Waals surface area (Å²) < 4.78 is 4.43. The Hall–Kier alpha value is -3.39. The third-order valence-electron chi connectivity index (χ3n) is 5.47. The lowest BCUT2D eigenvalue weighted by atomic mass is 10.1. The van der Waals surface area contributed by atoms with Gasteiger partial charge in [-0.05, 0) is 35.4 Å². The Kier molecular flexibility index (Phi) is 4.48. The minimum atomic E-state index is 0. The highest BCUT2D eigenvalue weighted by molar-refractivity contribution is 6.08. The molecule has 0 aliphatic rings. The maximum absolute atomic E-state index is 2.29. The van der Waals surface area contributed by atoms with Crippen molar-refractivity contribution in [3.8, 4) is 0 Å². The molecule has 5 rings (SSSR count). The van der Waals surface area contributed by atoms with Gasteiger partial charge >= 0.3 is 0 Å². The van der Waals surface area contributed by atoms with Crippen LogP contribution in [-0.4, -0.2) is 4.57 Å². The van der Waals surface area contributed by atoms with Gasteiger partial charge in [0.25, 0.3) is 0 Å². The predicted molar refractivity (Wildman–Crippen MR) is 121 cm³/mol. The summed E-state index contributed by atoms with van der Waals surface area (Å²) in [5.41, 5.74) is 6.24. The maximum Gasteiger partial charge on any atom is 0.212 e. The van der Waals surface area contributed by atoms with E-state index in [0.29, 0.717) is 0 Å². The molecule has 0 aliphatic carbocycles. The minimum absolute atomic E-state index is 0. The number of rotatable bonds is 2. The van der Waals surface area contributed by atoms with Gasteiger partial charge in [0, 0.05) is 41.0 Å². The van der Waals surface area contributed by atoms with Crippen LogP contribution in [0.5, 0.6) is 0 Å². The number of para-hydroxylation sites is 2. The van der Waals surface area contributed by atoms with Gasteiger partial charge in [-0.1, -0.05) is 48.6 Å². The third kappa shape index (κ3) is 2.78. The summed E-state index contributed by atoms with van der Waals surface area (Å²) in [5.74, 6) is 0. The van der Waals surface area contributed by atoms with Crippen molar-refractivity contribution in [2.45, 2.75) is 0 Å². The van der Waals surface area contributed by atoms with E-state index < -0.39 is 0 Å². The first kappa shape index (κ1) is 18.0. The zero-order valence-corrected chi connectivity index (χ0v) is 16.6. The van der Waals surface area contributed by atoms with Crippen LogP contribution < -0.4 is 4.57 Å². The second kappa shape index (κ2) is 6.97. The van der Waals surface area contributed by atoms with Crippen molar-refractivity contribution >= 4 is 44.9 Å². The van der Waals surface area contributed by atoms with Crippen LogP contribution in [0.15, 0.2) is 79.0 Å². The lowest BCUT2D eigenvalue weighted by molar-refractivity contribution is -0.644. The smallest absolute Gasteiger partial charge is 0.212 e. The molecule has 0 saturated carbocycles. The van der Waals surface area contributed by atoms with E-state index in [-0.39, 0.29) is 7.43 Å². The Morgan fingerprint density at radius 3 is 2.32 bits per heavy atom. The highest BCUT2D eigenvalue weighted by atomic mass is 14.9. The molecule has 2 heterocycles. The number of hydrogen-bond acceptors (Lipinski definition) is 0. The molecule has 0 atom stereocenters. The highest BCUT2D eigenvalue weighted by Gasteiger charge is 2.08. The molecule has 28 heavy (non-hydrogen) atoms. The van der Waals surface area contributed by atoms with Crippen LogP contribution in [0.25, 0.3) is 44.9 Å². The molecule has 0 spiro atoms. The van der Waals surface area contributed by atoms with Crippen LogP contribution >= 0.6 is 0 Å². The molecular formula is C26H24N2. The minimum Gasteiger partial charge on any atom is -0.358 e. The molecule has 2 nitrogen and oxygen atoms in total. The summed E-state index contributed by atoms with van der Waals surface area (Å²) in [6.45, 7) is 0. The van der Waals surface area contributed by atoms with Gasteiger partial charge in [-0.15, -0.1) is 0 Å². The van der Waals surface area contributed by atoms with Gasteiger partial charge in [-0.3, -0.25) is 0 Å². The van der Waals surface area contributed by atoms with Crippen LogP contribution in [-0.2, 0) is 14.1 Å². The fourth-order valence-electron chi connectivity index (χ4n) is 4.01. The van der Waals surface area contributed by atoms with Crippen molar-refractivity contribution in [3.63, 3.8) is 0 Å². The summed E-state index contributed by atoms with van der Waals surface area (Å²) in [5, 5.41) is 3.88. The second-order valence-electron chi connectivity index (χ2n) is 7.09. The van der Waals surface area contributed by atoms with E-state index in [1.54, 1.807) is 0 Å². The molecule has 2 heteroatoms. The van der Waals surface area contributed by atoms with Crippen LogP contribution in [0.2, 0.25) is 0 Å². The van der Waals surface area contributed by atoms with Gasteiger partial charge in [0.1, 0.15) is 7.05 Å². The maximum atomic E-state index is 2.29. The van der Waals surface area contributed by atoms with Gasteiger partial charge in [0.2, 0.25) is 5.52 Å². The average Bonchev–Trinajstić information content (AvgIpc) is 3.00. The van der Waals surface area contributed by atoms with Gasteiger partial charge < -0.3 is 12.0 Å². The van der Waals surface area contributed by atoms with Gasteiger partial charge in [0.05, 0.1) is 5.39 Å². The number of aromatic nitrogens is 2. The number of aryl methyl sites for hydroxylation is 2. The normalized spacial score (nSPS) is 11.5. The molecule has 5 aromatic rings. The van der Waals surface area contributed by atoms with Crippen LogP contribution in [0.4, 0.5) is 0 Å². The highest BCUT2D eigenvalue weighted by Crippen LogP contribution is 2.29. The van der Waals surface area contributed by atoms with E-state index in [9.17, 15) is 0 Å². The largest absolute Gasteiger partial charge is 0.358 e. The van der Waals surface area contributed by atoms with Crippen LogP contribution in [0.3, 0.4) is 0 Å². The van der Waals surface area contributed by atoms with E-state index >= 15 is 0 Å². The molecule has 2 aromatic heterocycles. The Morgan fingerprint density at radius 1 is 0.750 bits per heavy atom. The van der Waals surface area contributed by atoms with Crippen molar-refractivity contribution in [3.05, 3.63) is 97.5 Å². The molecule has 3 aromatic carbocycles.